The summed E-state index contributed by atoms with van der Waals surface area (Å²) >= 11 is 0. The largest absolute Gasteiger partial charge is 0.464 e. The van der Waals surface area contributed by atoms with Gasteiger partial charge in [-0.05, 0) is 88.4 Å². The molecule has 0 radical (unpaired) electrons. The predicted octanol–water partition coefficient (Wildman–Crippen LogP) is 2.61. The Balaban J connectivity index is 1.26. The number of unbranched alkanes of at least 4 members (excludes halogenated alkanes) is 3. The lowest BCUT2D eigenvalue weighted by Crippen LogP contribution is -2.64. The Morgan fingerprint density at radius 3 is 2.28 bits per heavy atom. The van der Waals surface area contributed by atoms with Crippen LogP contribution >= 0.6 is 0 Å². The number of nitrogens with zero attached hydrogens (tertiary/aromatic N) is 2. The fourth-order valence-corrected chi connectivity index (χ4v) is 10.2. The number of hydrogen-bond donors (Lipinski definition) is 6. The van der Waals surface area contributed by atoms with Gasteiger partial charge in [-0.25, -0.2) is 9.18 Å². The summed E-state index contributed by atoms with van der Waals surface area (Å²) in [5, 5.41) is 48.0. The highest BCUT2D eigenvalue weighted by molar-refractivity contribution is 6.01. The summed E-state index contributed by atoms with van der Waals surface area (Å²) in [6, 6.07) is -1.50. The number of aliphatic hydroxyl groups is 1. The molecule has 19 nitrogen and oxygen atoms in total. The molecule has 5 aliphatic rings. The number of carbonyl (C=O) groups excluding carboxylic acids is 5. The maximum Gasteiger partial charge on any atom is 0.329 e. The van der Waals surface area contributed by atoms with Crippen molar-refractivity contribution in [2.45, 2.75) is 128 Å². The van der Waals surface area contributed by atoms with E-state index >= 15 is 4.39 Å². The molecule has 3 saturated carbocycles. The molecule has 326 valence electrons. The molecular weight excluding hydrogens is 773 g/mol. The van der Waals surface area contributed by atoms with Crippen LogP contribution in [0.3, 0.4) is 0 Å². The summed E-state index contributed by atoms with van der Waals surface area (Å²) in [4.78, 5) is 74.9. The number of hydrogen-bond acceptors (Lipinski definition) is 18. The van der Waals surface area contributed by atoms with Gasteiger partial charge in [-0.1, -0.05) is 26.3 Å². The first-order valence-electron chi connectivity index (χ1n) is 19.7. The molecule has 4 unspecified atom stereocenters. The van der Waals surface area contributed by atoms with Gasteiger partial charge in [0.1, 0.15) is 12.2 Å². The fourth-order valence-electron chi connectivity index (χ4n) is 10.2. The molecule has 0 aromatic carbocycles. The molecule has 4 aliphatic carbocycles. The van der Waals surface area contributed by atoms with Crippen LogP contribution in [0.4, 0.5) is 4.39 Å². The maximum absolute atomic E-state index is 16.0. The van der Waals surface area contributed by atoms with E-state index < -0.39 is 106 Å². The molecular formula is C38H56FN3O16. The molecule has 4 fully saturated rings. The minimum absolute atomic E-state index is 0.0251. The van der Waals surface area contributed by atoms with Gasteiger partial charge in [0.25, 0.3) is 0 Å². The average molecular weight is 830 g/mol. The second kappa shape index (κ2) is 18.5. The van der Waals surface area contributed by atoms with E-state index in [-0.39, 0.29) is 63.6 Å². The third-order valence-corrected chi connectivity index (χ3v) is 12.5. The van der Waals surface area contributed by atoms with Gasteiger partial charge in [0, 0.05) is 23.2 Å². The third-order valence-electron chi connectivity index (χ3n) is 12.5. The summed E-state index contributed by atoms with van der Waals surface area (Å²) in [6.45, 7) is 5.86. The van der Waals surface area contributed by atoms with Crippen molar-refractivity contribution in [1.82, 2.24) is 16.1 Å². The Morgan fingerprint density at radius 1 is 0.948 bits per heavy atom. The van der Waals surface area contributed by atoms with Gasteiger partial charge in [0.15, 0.2) is 23.8 Å². The minimum Gasteiger partial charge on any atom is -0.464 e. The van der Waals surface area contributed by atoms with Crippen LogP contribution in [0.5, 0.6) is 0 Å². The first kappa shape index (κ1) is 45.8. The number of nitrogens with one attached hydrogen (secondary N) is 1. The second-order valence-corrected chi connectivity index (χ2v) is 16.7. The van der Waals surface area contributed by atoms with Crippen molar-refractivity contribution in [2.75, 3.05) is 26.4 Å². The number of Topliss-reactive ketones (excluding diaryl/α,β-unsaturated/α-hetero) is 1. The molecule has 0 aromatic heterocycles. The number of esters is 2. The van der Waals surface area contributed by atoms with Crippen LogP contribution < -0.4 is 5.32 Å². The molecule has 1 heterocycles. The van der Waals surface area contributed by atoms with E-state index in [1.54, 1.807) is 19.9 Å². The Kier molecular flexibility index (Phi) is 14.6. The molecule has 0 bridgehead atoms. The molecule has 1 amide bonds. The number of ether oxygens (including phenoxy) is 4. The maximum atomic E-state index is 16.0. The molecule has 1 saturated heterocycles. The Bertz CT molecular complexity index is 1610. The van der Waals surface area contributed by atoms with Crippen LogP contribution in [0.2, 0.25) is 0 Å². The number of carbonyl (C=O) groups is 5. The number of allylic oxidation sites excluding steroid dienone is 4. The second-order valence-electron chi connectivity index (χ2n) is 16.7. The average Bonchev–Trinajstić information content (AvgIpc) is 3.55. The van der Waals surface area contributed by atoms with E-state index in [9.17, 15) is 29.1 Å². The number of aliphatic hydroxyl groups excluding tert-OH is 1. The number of rotatable bonds is 20. The van der Waals surface area contributed by atoms with E-state index in [1.807, 2.05) is 13.8 Å². The third kappa shape index (κ3) is 9.68. The first-order chi connectivity index (χ1) is 27.2. The minimum atomic E-state index is -1.70. The number of alkyl halides is 1. The summed E-state index contributed by atoms with van der Waals surface area (Å²) < 4.78 is 39.5. The van der Waals surface area contributed by atoms with E-state index in [2.05, 4.69) is 15.0 Å². The summed E-state index contributed by atoms with van der Waals surface area (Å²) in [7, 11) is 0. The van der Waals surface area contributed by atoms with Gasteiger partial charge in [-0.3, -0.25) is 49.7 Å². The zero-order valence-electron chi connectivity index (χ0n) is 33.2. The normalized spacial score (nSPS) is 33.8. The van der Waals surface area contributed by atoms with Crippen molar-refractivity contribution in [3.05, 3.63) is 23.8 Å². The van der Waals surface area contributed by atoms with Gasteiger partial charge in [-0.15, -0.1) is 0 Å². The van der Waals surface area contributed by atoms with Gasteiger partial charge in [0.2, 0.25) is 11.7 Å². The predicted molar refractivity (Wildman–Crippen MR) is 190 cm³/mol. The lowest BCUT2D eigenvalue weighted by molar-refractivity contribution is -0.492. The number of ketones is 2. The highest BCUT2D eigenvalue weighted by Gasteiger charge is 2.77. The Morgan fingerprint density at radius 2 is 1.60 bits per heavy atom. The first-order valence-corrected chi connectivity index (χ1v) is 19.7. The van der Waals surface area contributed by atoms with Gasteiger partial charge in [0.05, 0.1) is 49.2 Å². The number of amides is 1. The van der Waals surface area contributed by atoms with Gasteiger partial charge < -0.3 is 29.4 Å². The van der Waals surface area contributed by atoms with Crippen LogP contribution in [-0.4, -0.2) is 128 Å². The van der Waals surface area contributed by atoms with Crippen LogP contribution in [0.25, 0.3) is 0 Å². The molecule has 20 heteroatoms. The number of fused-ring (bicyclic) bond motifs is 7. The highest BCUT2D eigenvalue weighted by Crippen LogP contribution is 2.70. The molecule has 0 spiro atoms. The van der Waals surface area contributed by atoms with E-state index in [0.717, 1.165) is 0 Å². The summed E-state index contributed by atoms with van der Waals surface area (Å²) in [5.41, 5.74) is -3.39. The lowest BCUT2D eigenvalue weighted by Gasteiger charge is -2.60. The zero-order valence-corrected chi connectivity index (χ0v) is 33.2. The molecule has 10 atom stereocenters. The van der Waals surface area contributed by atoms with Crippen molar-refractivity contribution in [3.8, 4) is 0 Å². The quantitative estimate of drug-likeness (QED) is 0.0585. The van der Waals surface area contributed by atoms with Crippen LogP contribution in [-0.2, 0) is 52.6 Å². The zero-order chi connectivity index (χ0) is 42.6. The molecule has 58 heavy (non-hydrogen) atoms. The Labute approximate surface area is 334 Å². The molecule has 1 aliphatic heterocycles. The summed E-state index contributed by atoms with van der Waals surface area (Å²) in [6.07, 6.45) is 2.40. The van der Waals surface area contributed by atoms with E-state index in [0.29, 0.717) is 31.3 Å². The van der Waals surface area contributed by atoms with Crippen molar-refractivity contribution in [3.63, 3.8) is 0 Å². The van der Waals surface area contributed by atoms with Crippen molar-refractivity contribution in [1.29, 1.82) is 0 Å². The van der Waals surface area contributed by atoms with Crippen molar-refractivity contribution in [2.24, 2.45) is 28.6 Å². The van der Waals surface area contributed by atoms with Gasteiger partial charge in [-0.2, -0.15) is 0 Å². The topological polar surface area (TPSA) is 260 Å². The van der Waals surface area contributed by atoms with Crippen molar-refractivity contribution >= 4 is 29.4 Å². The highest BCUT2D eigenvalue weighted by atomic mass is 19.1. The number of halogens is 1. The van der Waals surface area contributed by atoms with Gasteiger partial charge >= 0.3 is 11.9 Å². The van der Waals surface area contributed by atoms with Crippen LogP contribution in [0, 0.1) is 28.6 Å². The van der Waals surface area contributed by atoms with Crippen LogP contribution in [0.1, 0.15) is 91.9 Å². The SMILES string of the molecule is CC1(C)O[C@@H]2CC3[C@@H]4CC(F)C5=CC(=O)C=C[C@]5(C)C4[C@@H](O)C[C@]3(C)[C@]2(C(=O)COC(=O)CC(NC(=O)CCCCCON(O)O)C(=O)OCCCCON(O)O)O1. The van der Waals surface area contributed by atoms with E-state index in [4.69, 9.17) is 39.8 Å². The Hall–Kier alpha value is -3.28. The molecule has 6 N–H and O–H groups in total. The van der Waals surface area contributed by atoms with E-state index in [1.165, 1.54) is 12.2 Å². The summed E-state index contributed by atoms with van der Waals surface area (Å²) in [5.74, 6) is -6.00. The fraction of sp³-hybridized carbons (Fsp3) is 0.763. The standard InChI is InChI=1S/C38H56FN3O16/c1-35(2)57-30-18-24-23-17-26(39)25-16-22(43)11-12-36(25,3)33(23)28(44)20-37(24,4)38(30,58-35)29(45)21-54-32(47)19-27(34(48)53-13-8-9-15-56-42(51)52)40-31(46)10-6-5-7-14-55-41(49)50/h11-12,16,23-24,26-28,30,33,44,49-52H,5-10,13-15,17-21H2,1-4H3,(H,40,46)/t23-,24?,26?,27?,28-,30+,33?,36-,37-,38+/m0/s1. The smallest absolute Gasteiger partial charge is 0.329 e. The molecule has 0 aromatic rings. The lowest BCUT2D eigenvalue weighted by atomic mass is 9.46. The molecule has 5 rings (SSSR count). The monoisotopic (exact) mass is 829 g/mol. The van der Waals surface area contributed by atoms with Crippen LogP contribution in [0.15, 0.2) is 23.8 Å². The van der Waals surface area contributed by atoms with Crippen molar-refractivity contribution < 1.29 is 82.9 Å².